The van der Waals surface area contributed by atoms with Crippen LogP contribution in [0.5, 0.6) is 11.5 Å². The van der Waals surface area contributed by atoms with E-state index in [0.29, 0.717) is 32.7 Å². The van der Waals surface area contributed by atoms with E-state index in [4.69, 9.17) is 9.47 Å². The van der Waals surface area contributed by atoms with Gasteiger partial charge in [0.05, 0.1) is 30.9 Å². The van der Waals surface area contributed by atoms with E-state index in [-0.39, 0.29) is 17.1 Å². The summed E-state index contributed by atoms with van der Waals surface area (Å²) in [6, 6.07) is 23.7. The highest BCUT2D eigenvalue weighted by atomic mass is 32.2. The molecule has 46 heavy (non-hydrogen) atoms. The van der Waals surface area contributed by atoms with Crippen molar-refractivity contribution in [2.75, 3.05) is 24.4 Å². The zero-order valence-corrected chi connectivity index (χ0v) is 26.2. The molecular formula is C34H26FN3O6S2. The van der Waals surface area contributed by atoms with Gasteiger partial charge in [-0.3, -0.25) is 23.7 Å². The Kier molecular flexibility index (Phi) is 7.61. The third-order valence-corrected chi connectivity index (χ3v) is 10.8. The minimum atomic E-state index is -0.896. The number of carbonyl (C=O) groups excluding carboxylic acids is 3. The molecule has 2 aliphatic rings. The zero-order valence-electron chi connectivity index (χ0n) is 24.6. The van der Waals surface area contributed by atoms with Crippen molar-refractivity contribution < 1.29 is 28.2 Å². The van der Waals surface area contributed by atoms with Gasteiger partial charge in [-0.1, -0.05) is 59.5 Å². The summed E-state index contributed by atoms with van der Waals surface area (Å²) in [6.07, 6.45) is 0. The lowest BCUT2D eigenvalue weighted by molar-refractivity contribution is -0.122. The Balaban J connectivity index is 1.28. The molecule has 2 aliphatic heterocycles. The van der Waals surface area contributed by atoms with Gasteiger partial charge in [-0.05, 0) is 64.9 Å². The molecule has 12 heteroatoms. The van der Waals surface area contributed by atoms with Crippen LogP contribution in [0.15, 0.2) is 94.7 Å². The number of ether oxygens (including phenoxy) is 2. The molecule has 0 spiro atoms. The Morgan fingerprint density at radius 3 is 2.35 bits per heavy atom. The van der Waals surface area contributed by atoms with E-state index in [1.807, 2.05) is 36.4 Å². The molecule has 3 heterocycles. The standard InChI is InChI=1S/C34H26FN3O6S2/c1-43-24-14-8-20(16-25(24)44-2)27-28-29(32(41)38(31(28)40)23-12-9-21(35)10-13-23)45-33-30(27)46-34(42)37(33)17-26(39)36-22-11-7-18-5-3-4-6-19(18)15-22/h3-16,27-29H,17H2,1-2H3,(H,36,39). The van der Waals surface area contributed by atoms with Gasteiger partial charge in [0, 0.05) is 16.5 Å². The molecule has 3 atom stereocenters. The summed E-state index contributed by atoms with van der Waals surface area (Å²) in [4.78, 5) is 56.1. The molecule has 4 aromatic carbocycles. The number of anilines is 2. The average molecular weight is 656 g/mol. The van der Waals surface area contributed by atoms with Crippen LogP contribution in [-0.2, 0) is 20.9 Å². The molecule has 3 amide bonds. The van der Waals surface area contributed by atoms with E-state index < -0.39 is 40.6 Å². The fraction of sp³-hybridized carbons (Fsp3) is 0.176. The first-order chi connectivity index (χ1) is 22.3. The van der Waals surface area contributed by atoms with Crippen molar-refractivity contribution in [3.05, 3.63) is 111 Å². The molecule has 1 fully saturated rings. The topological polar surface area (TPSA) is 107 Å². The van der Waals surface area contributed by atoms with Gasteiger partial charge in [0.1, 0.15) is 17.6 Å². The molecule has 1 saturated heterocycles. The van der Waals surface area contributed by atoms with Crippen molar-refractivity contribution >= 4 is 63.0 Å². The van der Waals surface area contributed by atoms with Crippen LogP contribution in [0, 0.1) is 11.7 Å². The molecule has 7 rings (SSSR count). The van der Waals surface area contributed by atoms with Crippen LogP contribution in [0.2, 0.25) is 0 Å². The fourth-order valence-corrected chi connectivity index (χ4v) is 8.89. The predicted octanol–water partition coefficient (Wildman–Crippen LogP) is 5.65. The van der Waals surface area contributed by atoms with Crippen LogP contribution < -0.4 is 24.6 Å². The number of hydrogen-bond donors (Lipinski definition) is 1. The number of benzene rings is 4. The summed E-state index contributed by atoms with van der Waals surface area (Å²) in [7, 11) is 3.01. The molecule has 0 saturated carbocycles. The maximum atomic E-state index is 14.1. The van der Waals surface area contributed by atoms with Gasteiger partial charge < -0.3 is 14.8 Å². The molecule has 232 valence electrons. The summed E-state index contributed by atoms with van der Waals surface area (Å²) >= 11 is 2.05. The first kappa shape index (κ1) is 29.8. The molecule has 5 aromatic rings. The van der Waals surface area contributed by atoms with Gasteiger partial charge >= 0.3 is 4.87 Å². The van der Waals surface area contributed by atoms with Crippen LogP contribution in [-0.4, -0.2) is 41.8 Å². The number of halogens is 1. The lowest BCUT2D eigenvalue weighted by Gasteiger charge is -2.31. The number of amides is 3. The van der Waals surface area contributed by atoms with Crippen molar-refractivity contribution in [1.29, 1.82) is 0 Å². The van der Waals surface area contributed by atoms with E-state index in [1.165, 1.54) is 43.1 Å². The minimum absolute atomic E-state index is 0.257. The van der Waals surface area contributed by atoms with Gasteiger partial charge in [0.2, 0.25) is 17.7 Å². The van der Waals surface area contributed by atoms with Crippen LogP contribution in [0.1, 0.15) is 16.4 Å². The molecule has 0 radical (unpaired) electrons. The molecule has 0 bridgehead atoms. The largest absolute Gasteiger partial charge is 0.493 e. The Bertz CT molecular complexity index is 2090. The number of aromatic nitrogens is 1. The number of methoxy groups -OCH3 is 2. The predicted molar refractivity (Wildman–Crippen MR) is 175 cm³/mol. The van der Waals surface area contributed by atoms with E-state index in [1.54, 1.807) is 24.3 Å². The number of hydrogen-bond acceptors (Lipinski definition) is 8. The minimum Gasteiger partial charge on any atom is -0.493 e. The quantitative estimate of drug-likeness (QED) is 0.226. The van der Waals surface area contributed by atoms with Crippen molar-refractivity contribution in [3.8, 4) is 11.5 Å². The van der Waals surface area contributed by atoms with Gasteiger partial charge in [0.15, 0.2) is 11.5 Å². The van der Waals surface area contributed by atoms with Gasteiger partial charge in [-0.2, -0.15) is 0 Å². The number of fused-ring (bicyclic) bond motifs is 3. The third kappa shape index (κ3) is 5.03. The maximum Gasteiger partial charge on any atom is 0.308 e. The average Bonchev–Trinajstić information content (AvgIpc) is 3.50. The summed E-state index contributed by atoms with van der Waals surface area (Å²) in [5.74, 6) is -2.52. The van der Waals surface area contributed by atoms with Crippen molar-refractivity contribution in [3.63, 3.8) is 0 Å². The Morgan fingerprint density at radius 1 is 0.870 bits per heavy atom. The number of thiazole rings is 1. The highest BCUT2D eigenvalue weighted by Gasteiger charge is 2.57. The number of thioether (sulfide) groups is 1. The molecule has 9 nitrogen and oxygen atoms in total. The second kappa shape index (κ2) is 11.8. The van der Waals surface area contributed by atoms with E-state index >= 15 is 0 Å². The molecule has 1 aromatic heterocycles. The highest BCUT2D eigenvalue weighted by Crippen LogP contribution is 2.54. The lowest BCUT2D eigenvalue weighted by Crippen LogP contribution is -2.33. The van der Waals surface area contributed by atoms with E-state index in [2.05, 4.69) is 5.32 Å². The third-order valence-electron chi connectivity index (χ3n) is 8.24. The van der Waals surface area contributed by atoms with Crippen LogP contribution in [0.3, 0.4) is 0 Å². The first-order valence-corrected chi connectivity index (χ1v) is 16.0. The molecule has 3 unspecified atom stereocenters. The van der Waals surface area contributed by atoms with Gasteiger partial charge in [-0.25, -0.2) is 9.29 Å². The van der Waals surface area contributed by atoms with Crippen LogP contribution in [0.4, 0.5) is 15.8 Å². The summed E-state index contributed by atoms with van der Waals surface area (Å²) in [6.45, 7) is -0.287. The van der Waals surface area contributed by atoms with Crippen LogP contribution in [0.25, 0.3) is 10.8 Å². The first-order valence-electron chi connectivity index (χ1n) is 14.3. The van der Waals surface area contributed by atoms with Crippen molar-refractivity contribution in [2.24, 2.45) is 5.92 Å². The summed E-state index contributed by atoms with van der Waals surface area (Å²) in [5.41, 5.74) is 1.49. The fourth-order valence-electron chi connectivity index (χ4n) is 6.12. The molecule has 1 N–H and O–H groups in total. The summed E-state index contributed by atoms with van der Waals surface area (Å²) in [5, 5.41) is 4.42. The highest BCUT2D eigenvalue weighted by molar-refractivity contribution is 8.00. The Hall–Kier alpha value is -4.94. The van der Waals surface area contributed by atoms with Gasteiger partial charge in [0.25, 0.3) is 0 Å². The second-order valence-electron chi connectivity index (χ2n) is 10.9. The monoisotopic (exact) mass is 655 g/mol. The normalized spacial score (nSPS) is 18.8. The summed E-state index contributed by atoms with van der Waals surface area (Å²) < 4.78 is 26.0. The number of rotatable bonds is 7. The van der Waals surface area contributed by atoms with E-state index in [9.17, 15) is 23.6 Å². The number of carbonyl (C=O) groups is 3. The Labute approximate surface area is 270 Å². The lowest BCUT2D eigenvalue weighted by atomic mass is 9.83. The smallest absolute Gasteiger partial charge is 0.308 e. The number of nitrogens with one attached hydrogen (secondary N) is 1. The van der Waals surface area contributed by atoms with E-state index in [0.717, 1.165) is 38.8 Å². The van der Waals surface area contributed by atoms with Crippen LogP contribution >= 0.6 is 23.1 Å². The zero-order chi connectivity index (χ0) is 32.1. The second-order valence-corrected chi connectivity index (χ2v) is 13.0. The van der Waals surface area contributed by atoms with Crippen molar-refractivity contribution in [2.45, 2.75) is 22.7 Å². The van der Waals surface area contributed by atoms with Crippen molar-refractivity contribution in [1.82, 2.24) is 4.57 Å². The van der Waals surface area contributed by atoms with Gasteiger partial charge in [-0.15, -0.1) is 0 Å². The molecular weight excluding hydrogens is 630 g/mol. The maximum absolute atomic E-state index is 14.1. The number of imide groups is 1. The Morgan fingerprint density at radius 2 is 1.61 bits per heavy atom. The number of nitrogens with zero attached hydrogens (tertiary/aromatic N) is 2. The molecule has 0 aliphatic carbocycles. The SMILES string of the molecule is COc1ccc(C2c3sc(=O)n(CC(=O)Nc4ccc5ccccc5c4)c3SC3C(=O)N(c4ccc(F)cc4)C(=O)C32)cc1OC.